The van der Waals surface area contributed by atoms with Crippen molar-refractivity contribution < 1.29 is 4.74 Å². The maximum Gasteiger partial charge on any atom is 0.189 e. The Morgan fingerprint density at radius 2 is 1.80 bits per heavy atom. The number of halogens is 1. The third-order valence-electron chi connectivity index (χ3n) is 2.52. The highest BCUT2D eigenvalue weighted by Crippen LogP contribution is 2.22. The molecule has 0 unspecified atom stereocenters. The quantitative estimate of drug-likeness (QED) is 0.578. The zero-order valence-electron chi connectivity index (χ0n) is 10.8. The van der Waals surface area contributed by atoms with E-state index in [9.17, 15) is 0 Å². The summed E-state index contributed by atoms with van der Waals surface area (Å²) in [5.74, 6) is 0.736. The summed E-state index contributed by atoms with van der Waals surface area (Å²) >= 11 is 8.60. The highest BCUT2D eigenvalue weighted by atomic mass is 79.9. The van der Waals surface area contributed by atoms with Crippen molar-refractivity contribution in [2.45, 2.75) is 0 Å². The van der Waals surface area contributed by atoms with Crippen molar-refractivity contribution in [3.8, 4) is 5.75 Å². The minimum absolute atomic E-state index is 0.456. The summed E-state index contributed by atoms with van der Waals surface area (Å²) in [6.07, 6.45) is 0. The van der Waals surface area contributed by atoms with Crippen LogP contribution in [-0.4, -0.2) is 12.2 Å². The van der Waals surface area contributed by atoms with Gasteiger partial charge in [-0.15, -0.1) is 0 Å². The molecule has 2 rings (SSSR count). The molecule has 0 heterocycles. The van der Waals surface area contributed by atoms with Crippen LogP contribution in [0.15, 0.2) is 53.0 Å². The van der Waals surface area contributed by atoms with Crippen molar-refractivity contribution in [2.75, 3.05) is 17.9 Å². The standard InChI is InChI=1S/C14H14BrN3OS/c1-19-13-5-3-2-4-12(13)16-14(20)18-17-11-8-6-10(15)7-9-11/h2-9,17H,1H3,(H2,16,18,20). The Labute approximate surface area is 131 Å². The summed E-state index contributed by atoms with van der Waals surface area (Å²) in [5, 5.41) is 3.52. The first-order valence-corrected chi connectivity index (χ1v) is 7.11. The summed E-state index contributed by atoms with van der Waals surface area (Å²) in [4.78, 5) is 0. The zero-order chi connectivity index (χ0) is 14.4. The van der Waals surface area contributed by atoms with Crippen LogP contribution in [0.5, 0.6) is 5.75 Å². The van der Waals surface area contributed by atoms with Crippen LogP contribution in [0.4, 0.5) is 11.4 Å². The van der Waals surface area contributed by atoms with E-state index in [1.807, 2.05) is 48.5 Å². The number of ether oxygens (including phenoxy) is 1. The second-order valence-corrected chi connectivity index (χ2v) is 5.24. The van der Waals surface area contributed by atoms with Crippen LogP contribution in [0.3, 0.4) is 0 Å². The largest absolute Gasteiger partial charge is 0.495 e. The number of nitrogens with one attached hydrogen (secondary N) is 3. The molecule has 20 heavy (non-hydrogen) atoms. The van der Waals surface area contributed by atoms with Crippen LogP contribution in [0.2, 0.25) is 0 Å². The molecule has 2 aromatic rings. The van der Waals surface area contributed by atoms with Gasteiger partial charge in [-0.2, -0.15) is 0 Å². The molecule has 0 atom stereocenters. The summed E-state index contributed by atoms with van der Waals surface area (Å²) < 4.78 is 6.27. The minimum atomic E-state index is 0.456. The monoisotopic (exact) mass is 351 g/mol. The van der Waals surface area contributed by atoms with Crippen molar-refractivity contribution in [2.24, 2.45) is 0 Å². The van der Waals surface area contributed by atoms with Gasteiger partial charge in [-0.25, -0.2) is 0 Å². The van der Waals surface area contributed by atoms with Gasteiger partial charge in [-0.05, 0) is 48.6 Å². The third-order valence-corrected chi connectivity index (χ3v) is 3.25. The van der Waals surface area contributed by atoms with Crippen LogP contribution < -0.4 is 20.9 Å². The normalized spacial score (nSPS) is 9.70. The fourth-order valence-corrected chi connectivity index (χ4v) is 1.99. The molecule has 0 bridgehead atoms. The first kappa shape index (κ1) is 14.6. The van der Waals surface area contributed by atoms with Gasteiger partial charge in [0.2, 0.25) is 0 Å². The molecule has 0 amide bonds. The molecule has 0 aromatic heterocycles. The third kappa shape index (κ3) is 4.11. The predicted molar refractivity (Wildman–Crippen MR) is 90.1 cm³/mol. The van der Waals surface area contributed by atoms with E-state index in [0.29, 0.717) is 5.11 Å². The molecule has 0 saturated heterocycles. The summed E-state index contributed by atoms with van der Waals surface area (Å²) in [7, 11) is 1.62. The van der Waals surface area contributed by atoms with Crippen molar-refractivity contribution in [1.29, 1.82) is 0 Å². The van der Waals surface area contributed by atoms with Gasteiger partial charge in [-0.3, -0.25) is 10.9 Å². The number of benzene rings is 2. The van der Waals surface area contributed by atoms with Crippen molar-refractivity contribution >= 4 is 44.6 Å². The number of hydrazine groups is 1. The molecule has 0 aliphatic rings. The number of rotatable bonds is 4. The van der Waals surface area contributed by atoms with E-state index in [1.54, 1.807) is 7.11 Å². The second kappa shape index (κ2) is 7.12. The van der Waals surface area contributed by atoms with Gasteiger partial charge in [0.15, 0.2) is 5.11 Å². The zero-order valence-corrected chi connectivity index (χ0v) is 13.2. The van der Waals surface area contributed by atoms with Crippen LogP contribution in [-0.2, 0) is 0 Å². The van der Waals surface area contributed by atoms with Crippen LogP contribution in [0.1, 0.15) is 0 Å². The Balaban J connectivity index is 1.91. The highest BCUT2D eigenvalue weighted by molar-refractivity contribution is 9.10. The lowest BCUT2D eigenvalue weighted by atomic mass is 10.3. The lowest BCUT2D eigenvalue weighted by Crippen LogP contribution is -2.33. The van der Waals surface area contributed by atoms with Gasteiger partial charge in [0, 0.05) is 4.47 Å². The van der Waals surface area contributed by atoms with E-state index in [0.717, 1.165) is 21.6 Å². The van der Waals surface area contributed by atoms with Gasteiger partial charge in [0.05, 0.1) is 18.5 Å². The molecule has 0 fully saturated rings. The number of hydrogen-bond donors (Lipinski definition) is 3. The highest BCUT2D eigenvalue weighted by Gasteiger charge is 2.03. The van der Waals surface area contributed by atoms with Crippen molar-refractivity contribution in [1.82, 2.24) is 5.43 Å². The summed E-state index contributed by atoms with van der Waals surface area (Å²) in [5.41, 5.74) is 7.66. The van der Waals surface area contributed by atoms with Gasteiger partial charge in [0.1, 0.15) is 5.75 Å². The molecule has 3 N–H and O–H groups in total. The Morgan fingerprint density at radius 3 is 2.50 bits per heavy atom. The van der Waals surface area contributed by atoms with Crippen LogP contribution >= 0.6 is 28.1 Å². The molecule has 0 aliphatic heterocycles. The van der Waals surface area contributed by atoms with E-state index >= 15 is 0 Å². The van der Waals surface area contributed by atoms with Gasteiger partial charge < -0.3 is 10.1 Å². The van der Waals surface area contributed by atoms with E-state index in [2.05, 4.69) is 32.1 Å². The van der Waals surface area contributed by atoms with Gasteiger partial charge >= 0.3 is 0 Å². The number of anilines is 2. The molecular formula is C14H14BrN3OS. The molecule has 0 radical (unpaired) electrons. The molecule has 2 aromatic carbocycles. The van der Waals surface area contributed by atoms with E-state index in [4.69, 9.17) is 17.0 Å². The Bertz CT molecular complexity index is 589. The van der Waals surface area contributed by atoms with Crippen molar-refractivity contribution in [3.05, 3.63) is 53.0 Å². The topological polar surface area (TPSA) is 45.3 Å². The Kier molecular flexibility index (Phi) is 5.20. The summed E-state index contributed by atoms with van der Waals surface area (Å²) in [6.45, 7) is 0. The Hall–Kier alpha value is -1.79. The minimum Gasteiger partial charge on any atom is -0.495 e. The van der Waals surface area contributed by atoms with E-state index in [-0.39, 0.29) is 0 Å². The summed E-state index contributed by atoms with van der Waals surface area (Å²) in [6, 6.07) is 15.3. The maximum absolute atomic E-state index is 5.25. The fourth-order valence-electron chi connectivity index (χ4n) is 1.56. The molecule has 0 spiro atoms. The fraction of sp³-hybridized carbons (Fsp3) is 0.0714. The first-order chi connectivity index (χ1) is 9.69. The average molecular weight is 352 g/mol. The molecule has 0 aliphatic carbocycles. The van der Waals surface area contributed by atoms with Crippen LogP contribution in [0, 0.1) is 0 Å². The lowest BCUT2D eigenvalue weighted by Gasteiger charge is -2.14. The molecular weight excluding hydrogens is 338 g/mol. The Morgan fingerprint density at radius 1 is 1.10 bits per heavy atom. The average Bonchev–Trinajstić information content (AvgIpc) is 2.47. The first-order valence-electron chi connectivity index (χ1n) is 5.90. The van der Waals surface area contributed by atoms with E-state index < -0.39 is 0 Å². The predicted octanol–water partition coefficient (Wildman–Crippen LogP) is 3.77. The van der Waals surface area contributed by atoms with Gasteiger partial charge in [0.25, 0.3) is 0 Å². The number of hydrogen-bond acceptors (Lipinski definition) is 3. The van der Waals surface area contributed by atoms with Crippen molar-refractivity contribution in [3.63, 3.8) is 0 Å². The SMILES string of the molecule is COc1ccccc1NC(=S)NNc1ccc(Br)cc1. The van der Waals surface area contributed by atoms with Gasteiger partial charge in [-0.1, -0.05) is 28.1 Å². The second-order valence-electron chi connectivity index (χ2n) is 3.91. The van der Waals surface area contributed by atoms with Crippen LogP contribution in [0.25, 0.3) is 0 Å². The number of thiocarbonyl (C=S) groups is 1. The number of para-hydroxylation sites is 2. The maximum atomic E-state index is 5.25. The molecule has 0 saturated carbocycles. The lowest BCUT2D eigenvalue weighted by molar-refractivity contribution is 0.417. The van der Waals surface area contributed by atoms with E-state index in [1.165, 1.54) is 0 Å². The number of methoxy groups -OCH3 is 1. The smallest absolute Gasteiger partial charge is 0.189 e. The molecule has 104 valence electrons. The molecule has 4 nitrogen and oxygen atoms in total. The molecule has 6 heteroatoms.